The third-order valence-corrected chi connectivity index (χ3v) is 3.92. The second kappa shape index (κ2) is 5.00. The Hall–Kier alpha value is -2.59. The van der Waals surface area contributed by atoms with Crippen LogP contribution in [-0.4, -0.2) is 21.4 Å². The highest BCUT2D eigenvalue weighted by atomic mass is 35.5. The molecule has 0 saturated heterocycles. The van der Waals surface area contributed by atoms with Crippen molar-refractivity contribution in [1.29, 1.82) is 0 Å². The van der Waals surface area contributed by atoms with Crippen LogP contribution in [0.2, 0.25) is 5.02 Å². The van der Waals surface area contributed by atoms with Crippen LogP contribution in [0.15, 0.2) is 54.7 Å². The summed E-state index contributed by atoms with van der Waals surface area (Å²) in [5.41, 5.74) is 4.69. The molecule has 5 heteroatoms. The molecule has 0 aliphatic rings. The summed E-state index contributed by atoms with van der Waals surface area (Å²) in [4.78, 5) is 9.36. The average molecular weight is 309 g/mol. The van der Waals surface area contributed by atoms with Gasteiger partial charge in [0.25, 0.3) is 0 Å². The molecule has 2 aromatic heterocycles. The Morgan fingerprint density at radius 2 is 1.77 bits per heavy atom. The zero-order valence-electron chi connectivity index (χ0n) is 11.9. The SMILES string of the molecule is CNc1nc2ccccc2n2cc(-c3ccc(Cl)cc3)nc12. The summed E-state index contributed by atoms with van der Waals surface area (Å²) < 4.78 is 2.07. The summed E-state index contributed by atoms with van der Waals surface area (Å²) >= 11 is 5.96. The van der Waals surface area contributed by atoms with Crippen molar-refractivity contribution in [2.45, 2.75) is 0 Å². The molecule has 2 heterocycles. The van der Waals surface area contributed by atoms with Crippen LogP contribution in [0.1, 0.15) is 0 Å². The van der Waals surface area contributed by atoms with Crippen molar-refractivity contribution < 1.29 is 0 Å². The summed E-state index contributed by atoms with van der Waals surface area (Å²) in [5, 5.41) is 3.84. The zero-order chi connectivity index (χ0) is 15.1. The highest BCUT2D eigenvalue weighted by Crippen LogP contribution is 2.26. The standard InChI is InChI=1S/C17H13ClN4/c1-19-16-17-21-14(11-6-8-12(18)9-7-11)10-22(17)15-5-3-2-4-13(15)20-16/h2-10H,1H3,(H,19,20). The van der Waals surface area contributed by atoms with Crippen molar-refractivity contribution in [1.82, 2.24) is 14.4 Å². The van der Waals surface area contributed by atoms with Crippen LogP contribution in [0, 0.1) is 0 Å². The van der Waals surface area contributed by atoms with Crippen molar-refractivity contribution in [3.63, 3.8) is 0 Å². The van der Waals surface area contributed by atoms with E-state index in [4.69, 9.17) is 16.6 Å². The van der Waals surface area contributed by atoms with E-state index in [2.05, 4.69) is 14.7 Å². The number of halogens is 1. The van der Waals surface area contributed by atoms with Crippen molar-refractivity contribution >= 4 is 34.1 Å². The van der Waals surface area contributed by atoms with Gasteiger partial charge in [0.2, 0.25) is 0 Å². The molecule has 2 aromatic carbocycles. The predicted molar refractivity (Wildman–Crippen MR) is 90.5 cm³/mol. The van der Waals surface area contributed by atoms with Crippen LogP contribution in [0.5, 0.6) is 0 Å². The first-order valence-corrected chi connectivity index (χ1v) is 7.35. The van der Waals surface area contributed by atoms with Gasteiger partial charge >= 0.3 is 0 Å². The van der Waals surface area contributed by atoms with Crippen LogP contribution in [0.4, 0.5) is 5.82 Å². The Kier molecular flexibility index (Phi) is 2.98. The van der Waals surface area contributed by atoms with Crippen molar-refractivity contribution in [2.75, 3.05) is 12.4 Å². The van der Waals surface area contributed by atoms with E-state index in [0.717, 1.165) is 38.8 Å². The van der Waals surface area contributed by atoms with Gasteiger partial charge in [-0.1, -0.05) is 35.9 Å². The van der Waals surface area contributed by atoms with Gasteiger partial charge in [-0.15, -0.1) is 0 Å². The summed E-state index contributed by atoms with van der Waals surface area (Å²) in [6.07, 6.45) is 2.03. The van der Waals surface area contributed by atoms with E-state index in [-0.39, 0.29) is 0 Å². The summed E-state index contributed by atoms with van der Waals surface area (Å²) in [6, 6.07) is 15.7. The van der Waals surface area contributed by atoms with Gasteiger partial charge in [-0.3, -0.25) is 4.40 Å². The van der Waals surface area contributed by atoms with Gasteiger partial charge in [-0.2, -0.15) is 0 Å². The van der Waals surface area contributed by atoms with Crippen LogP contribution in [0.25, 0.3) is 27.9 Å². The summed E-state index contributed by atoms with van der Waals surface area (Å²) in [7, 11) is 1.85. The lowest BCUT2D eigenvalue weighted by Gasteiger charge is -2.05. The van der Waals surface area contributed by atoms with E-state index in [1.54, 1.807) is 0 Å². The first-order valence-electron chi connectivity index (χ1n) is 6.98. The van der Waals surface area contributed by atoms with E-state index < -0.39 is 0 Å². The number of nitrogens with zero attached hydrogens (tertiary/aromatic N) is 3. The number of hydrogen-bond acceptors (Lipinski definition) is 3. The molecule has 108 valence electrons. The van der Waals surface area contributed by atoms with E-state index in [1.165, 1.54) is 0 Å². The largest absolute Gasteiger partial charge is 0.370 e. The molecule has 0 amide bonds. The monoisotopic (exact) mass is 308 g/mol. The molecule has 0 radical (unpaired) electrons. The Balaban J connectivity index is 2.03. The first-order chi connectivity index (χ1) is 10.8. The molecule has 22 heavy (non-hydrogen) atoms. The summed E-state index contributed by atoms with van der Waals surface area (Å²) in [5.74, 6) is 0.763. The zero-order valence-corrected chi connectivity index (χ0v) is 12.7. The number of hydrogen-bond donors (Lipinski definition) is 1. The molecular formula is C17H13ClN4. The number of benzene rings is 2. The molecule has 0 unspecified atom stereocenters. The van der Waals surface area contributed by atoms with Crippen LogP contribution in [0.3, 0.4) is 0 Å². The number of aromatic nitrogens is 3. The molecule has 4 aromatic rings. The van der Waals surface area contributed by atoms with Crippen molar-refractivity contribution in [2.24, 2.45) is 0 Å². The number of para-hydroxylation sites is 2. The number of imidazole rings is 1. The van der Waals surface area contributed by atoms with Crippen molar-refractivity contribution in [3.05, 3.63) is 59.8 Å². The average Bonchev–Trinajstić information content (AvgIpc) is 3.00. The molecule has 0 spiro atoms. The molecule has 0 aliphatic carbocycles. The van der Waals surface area contributed by atoms with E-state index in [0.29, 0.717) is 0 Å². The fraction of sp³-hybridized carbons (Fsp3) is 0.0588. The maximum atomic E-state index is 5.96. The summed E-state index contributed by atoms with van der Waals surface area (Å²) in [6.45, 7) is 0. The molecule has 4 nitrogen and oxygen atoms in total. The highest BCUT2D eigenvalue weighted by molar-refractivity contribution is 6.30. The Bertz CT molecular complexity index is 973. The van der Waals surface area contributed by atoms with Crippen LogP contribution < -0.4 is 5.32 Å². The van der Waals surface area contributed by atoms with Gasteiger partial charge in [-0.25, -0.2) is 9.97 Å². The van der Waals surface area contributed by atoms with E-state index in [1.807, 2.05) is 61.8 Å². The molecule has 0 atom stereocenters. The molecule has 0 fully saturated rings. The van der Waals surface area contributed by atoms with Gasteiger partial charge < -0.3 is 5.32 Å². The van der Waals surface area contributed by atoms with Crippen LogP contribution in [-0.2, 0) is 0 Å². The minimum Gasteiger partial charge on any atom is -0.370 e. The Labute approximate surface area is 132 Å². The first kappa shape index (κ1) is 13.1. The number of fused-ring (bicyclic) bond motifs is 3. The predicted octanol–water partition coefficient (Wildman–Crippen LogP) is 4.24. The lowest BCUT2D eigenvalue weighted by atomic mass is 10.2. The van der Waals surface area contributed by atoms with Crippen molar-refractivity contribution in [3.8, 4) is 11.3 Å². The second-order valence-electron chi connectivity index (χ2n) is 5.03. The molecule has 0 aliphatic heterocycles. The van der Waals surface area contributed by atoms with Gasteiger partial charge in [0.15, 0.2) is 11.5 Å². The molecular weight excluding hydrogens is 296 g/mol. The quantitative estimate of drug-likeness (QED) is 0.602. The third-order valence-electron chi connectivity index (χ3n) is 3.67. The maximum Gasteiger partial charge on any atom is 0.181 e. The highest BCUT2D eigenvalue weighted by Gasteiger charge is 2.12. The van der Waals surface area contributed by atoms with Gasteiger partial charge in [-0.05, 0) is 24.3 Å². The van der Waals surface area contributed by atoms with Crippen LogP contribution >= 0.6 is 11.6 Å². The second-order valence-corrected chi connectivity index (χ2v) is 5.46. The molecule has 4 rings (SSSR count). The molecule has 0 bridgehead atoms. The minimum atomic E-state index is 0.718. The Morgan fingerprint density at radius 1 is 1.00 bits per heavy atom. The van der Waals surface area contributed by atoms with Gasteiger partial charge in [0.05, 0.1) is 16.7 Å². The third kappa shape index (κ3) is 2.00. The Morgan fingerprint density at radius 3 is 2.55 bits per heavy atom. The molecule has 1 N–H and O–H groups in total. The smallest absolute Gasteiger partial charge is 0.181 e. The minimum absolute atomic E-state index is 0.718. The molecule has 0 saturated carbocycles. The fourth-order valence-electron chi connectivity index (χ4n) is 2.59. The number of rotatable bonds is 2. The lowest BCUT2D eigenvalue weighted by Crippen LogP contribution is -1.98. The fourth-order valence-corrected chi connectivity index (χ4v) is 2.72. The van der Waals surface area contributed by atoms with Gasteiger partial charge in [0.1, 0.15) is 0 Å². The maximum absolute atomic E-state index is 5.96. The lowest BCUT2D eigenvalue weighted by molar-refractivity contribution is 1.20. The topological polar surface area (TPSA) is 42.2 Å². The number of nitrogens with one attached hydrogen (secondary N) is 1. The van der Waals surface area contributed by atoms with E-state index >= 15 is 0 Å². The normalized spacial score (nSPS) is 11.2. The number of anilines is 1. The van der Waals surface area contributed by atoms with E-state index in [9.17, 15) is 0 Å². The van der Waals surface area contributed by atoms with Gasteiger partial charge in [0, 0.05) is 23.8 Å².